The molecule has 1 amide bonds. The van der Waals surface area contributed by atoms with Crippen molar-refractivity contribution in [2.24, 2.45) is 4.99 Å². The fourth-order valence-corrected chi connectivity index (χ4v) is 3.71. The van der Waals surface area contributed by atoms with Gasteiger partial charge in [-0.3, -0.25) is 0 Å². The van der Waals surface area contributed by atoms with Crippen molar-refractivity contribution in [1.29, 1.82) is 0 Å². The van der Waals surface area contributed by atoms with Crippen molar-refractivity contribution >= 4 is 23.4 Å². The molecule has 8 heteroatoms. The first kappa shape index (κ1) is 21.5. The number of aryl methyl sites for hydroxylation is 2. The highest BCUT2D eigenvalue weighted by molar-refractivity contribution is 7.11. The van der Waals surface area contributed by atoms with Crippen LogP contribution < -0.4 is 10.6 Å². The molecule has 1 aliphatic heterocycles. The number of carbonyl (C=O) groups excluding carboxylic acids is 1. The summed E-state index contributed by atoms with van der Waals surface area (Å²) in [4.78, 5) is 24.6. The highest BCUT2D eigenvalue weighted by Crippen LogP contribution is 2.17. The molecule has 27 heavy (non-hydrogen) atoms. The number of nitrogens with one attached hydrogen (secondary N) is 2. The van der Waals surface area contributed by atoms with E-state index in [-0.39, 0.29) is 12.1 Å². The normalized spacial score (nSPS) is 18.4. The molecule has 152 valence electrons. The van der Waals surface area contributed by atoms with Crippen LogP contribution in [0, 0.1) is 13.8 Å². The molecule has 2 N–H and O–H groups in total. The average Bonchev–Trinajstić information content (AvgIpc) is 2.90. The second-order valence-electron chi connectivity index (χ2n) is 7.85. The van der Waals surface area contributed by atoms with Gasteiger partial charge in [-0.25, -0.2) is 14.8 Å². The van der Waals surface area contributed by atoms with E-state index in [0.717, 1.165) is 42.6 Å². The van der Waals surface area contributed by atoms with Crippen molar-refractivity contribution in [2.45, 2.75) is 72.6 Å². The summed E-state index contributed by atoms with van der Waals surface area (Å²) in [6, 6.07) is 0.156. The number of hydrogen-bond donors (Lipinski definition) is 2. The molecule has 1 saturated heterocycles. The second kappa shape index (κ2) is 9.39. The van der Waals surface area contributed by atoms with Crippen LogP contribution in [0.4, 0.5) is 4.79 Å². The topological polar surface area (TPSA) is 78.9 Å². The number of hydrogen-bond acceptors (Lipinski definition) is 5. The first-order chi connectivity index (χ1) is 12.7. The Bertz CT molecular complexity index is 646. The maximum absolute atomic E-state index is 12.3. The molecule has 2 rings (SSSR count). The molecule has 0 spiro atoms. The molecule has 1 aromatic rings. The number of thiazole rings is 1. The van der Waals surface area contributed by atoms with Crippen LogP contribution in [0.15, 0.2) is 4.99 Å². The summed E-state index contributed by atoms with van der Waals surface area (Å²) < 4.78 is 5.50. The molecule has 7 nitrogen and oxygen atoms in total. The first-order valence-electron chi connectivity index (χ1n) is 9.63. The largest absolute Gasteiger partial charge is 0.444 e. The summed E-state index contributed by atoms with van der Waals surface area (Å²) in [6.07, 6.45) is 1.70. The second-order valence-corrected chi connectivity index (χ2v) is 9.14. The Labute approximate surface area is 166 Å². The number of likely N-dealkylation sites (tertiary alicyclic amines) is 1. The molecule has 1 unspecified atom stereocenters. The SMILES string of the molecule is CCNC(=NCc1nc(C)c(C)s1)NC1CCCN(C(=O)OC(C)(C)C)C1. The van der Waals surface area contributed by atoms with Gasteiger partial charge in [0.05, 0.1) is 12.2 Å². The highest BCUT2D eigenvalue weighted by Gasteiger charge is 2.28. The lowest BCUT2D eigenvalue weighted by molar-refractivity contribution is 0.0193. The van der Waals surface area contributed by atoms with Gasteiger partial charge in [0.15, 0.2) is 5.96 Å². The Balaban J connectivity index is 1.96. The maximum Gasteiger partial charge on any atom is 0.410 e. The number of nitrogens with zero attached hydrogens (tertiary/aromatic N) is 3. The van der Waals surface area contributed by atoms with Crippen LogP contribution in [0.3, 0.4) is 0 Å². The van der Waals surface area contributed by atoms with Gasteiger partial charge in [-0.15, -0.1) is 11.3 Å². The molecule has 0 radical (unpaired) electrons. The van der Waals surface area contributed by atoms with E-state index < -0.39 is 5.60 Å². The average molecular weight is 396 g/mol. The molecular formula is C19H33N5O2S. The van der Waals surface area contributed by atoms with Crippen LogP contribution in [-0.4, -0.2) is 53.2 Å². The van der Waals surface area contributed by atoms with Crippen molar-refractivity contribution in [3.63, 3.8) is 0 Å². The molecule has 1 atom stereocenters. The van der Waals surface area contributed by atoms with E-state index in [4.69, 9.17) is 4.74 Å². The summed E-state index contributed by atoms with van der Waals surface area (Å²) in [5.74, 6) is 0.763. The van der Waals surface area contributed by atoms with Crippen LogP contribution in [0.25, 0.3) is 0 Å². The molecule has 2 heterocycles. The van der Waals surface area contributed by atoms with Crippen LogP contribution in [0.1, 0.15) is 56.1 Å². The van der Waals surface area contributed by atoms with Gasteiger partial charge in [0.1, 0.15) is 10.6 Å². The standard InChI is InChI=1S/C19H33N5O2S/c1-7-20-17(21-11-16-22-13(2)14(3)27-16)23-15-9-8-10-24(12-15)18(25)26-19(4,5)6/h15H,7-12H2,1-6H3,(H2,20,21,23). The van der Waals surface area contributed by atoms with Gasteiger partial charge >= 0.3 is 6.09 Å². The lowest BCUT2D eigenvalue weighted by Gasteiger charge is -2.35. The Hall–Kier alpha value is -1.83. The minimum absolute atomic E-state index is 0.156. The van der Waals surface area contributed by atoms with Gasteiger partial charge in [0, 0.05) is 30.6 Å². The van der Waals surface area contributed by atoms with E-state index in [1.807, 2.05) is 34.6 Å². The van der Waals surface area contributed by atoms with Crippen LogP contribution in [-0.2, 0) is 11.3 Å². The van der Waals surface area contributed by atoms with Gasteiger partial charge in [-0.05, 0) is 54.4 Å². The third kappa shape index (κ3) is 7.01. The number of amides is 1. The number of guanidine groups is 1. The van der Waals surface area contributed by atoms with Crippen molar-refractivity contribution in [2.75, 3.05) is 19.6 Å². The zero-order chi connectivity index (χ0) is 20.0. The number of rotatable bonds is 4. The highest BCUT2D eigenvalue weighted by atomic mass is 32.1. The van der Waals surface area contributed by atoms with Gasteiger partial charge in [0.2, 0.25) is 0 Å². The summed E-state index contributed by atoms with van der Waals surface area (Å²) in [5, 5.41) is 7.76. The number of ether oxygens (including phenoxy) is 1. The van der Waals surface area contributed by atoms with E-state index >= 15 is 0 Å². The van der Waals surface area contributed by atoms with Crippen molar-refractivity contribution in [1.82, 2.24) is 20.5 Å². The maximum atomic E-state index is 12.3. The van der Waals surface area contributed by atoms with Gasteiger partial charge in [-0.1, -0.05) is 0 Å². The van der Waals surface area contributed by atoms with Crippen molar-refractivity contribution < 1.29 is 9.53 Å². The number of carbonyl (C=O) groups is 1. The number of aromatic nitrogens is 1. The zero-order valence-electron chi connectivity index (χ0n) is 17.4. The molecule has 1 aliphatic rings. The summed E-state index contributed by atoms with van der Waals surface area (Å²) >= 11 is 1.69. The van der Waals surface area contributed by atoms with Crippen LogP contribution in [0.2, 0.25) is 0 Å². The molecule has 0 aromatic carbocycles. The number of piperidine rings is 1. The smallest absolute Gasteiger partial charge is 0.410 e. The molecule has 0 saturated carbocycles. The third-order valence-corrected chi connectivity index (χ3v) is 5.26. The lowest BCUT2D eigenvalue weighted by atomic mass is 10.1. The van der Waals surface area contributed by atoms with E-state index in [0.29, 0.717) is 13.1 Å². The molecule has 0 bridgehead atoms. The van der Waals surface area contributed by atoms with Crippen LogP contribution >= 0.6 is 11.3 Å². The Morgan fingerprint density at radius 2 is 2.15 bits per heavy atom. The zero-order valence-corrected chi connectivity index (χ0v) is 18.2. The van der Waals surface area contributed by atoms with E-state index in [2.05, 4.69) is 27.5 Å². The predicted molar refractivity (Wildman–Crippen MR) is 110 cm³/mol. The van der Waals surface area contributed by atoms with Gasteiger partial charge in [-0.2, -0.15) is 0 Å². The Morgan fingerprint density at radius 1 is 1.41 bits per heavy atom. The minimum atomic E-state index is -0.474. The van der Waals surface area contributed by atoms with E-state index in [9.17, 15) is 4.79 Å². The Kier molecular flexibility index (Phi) is 7.47. The van der Waals surface area contributed by atoms with E-state index in [1.165, 1.54) is 4.88 Å². The van der Waals surface area contributed by atoms with Crippen molar-refractivity contribution in [3.8, 4) is 0 Å². The lowest BCUT2D eigenvalue weighted by Crippen LogP contribution is -2.53. The summed E-state index contributed by atoms with van der Waals surface area (Å²) in [6.45, 7) is 14.5. The van der Waals surface area contributed by atoms with Crippen LogP contribution in [0.5, 0.6) is 0 Å². The predicted octanol–water partition coefficient (Wildman–Crippen LogP) is 3.21. The molecule has 1 fully saturated rings. The Morgan fingerprint density at radius 3 is 2.74 bits per heavy atom. The van der Waals surface area contributed by atoms with Gasteiger partial charge < -0.3 is 20.3 Å². The first-order valence-corrected chi connectivity index (χ1v) is 10.4. The number of aliphatic imine (C=N–C) groups is 1. The fourth-order valence-electron chi connectivity index (χ4n) is 2.85. The fraction of sp³-hybridized carbons (Fsp3) is 0.737. The quantitative estimate of drug-likeness (QED) is 0.604. The molecule has 0 aliphatic carbocycles. The summed E-state index contributed by atoms with van der Waals surface area (Å²) in [5.41, 5.74) is 0.598. The minimum Gasteiger partial charge on any atom is -0.444 e. The molecule has 1 aromatic heterocycles. The van der Waals surface area contributed by atoms with E-state index in [1.54, 1.807) is 16.2 Å². The van der Waals surface area contributed by atoms with Gasteiger partial charge in [0.25, 0.3) is 0 Å². The summed E-state index contributed by atoms with van der Waals surface area (Å²) in [7, 11) is 0. The molecular weight excluding hydrogens is 362 g/mol. The third-order valence-electron chi connectivity index (χ3n) is 4.20. The monoisotopic (exact) mass is 395 g/mol. The van der Waals surface area contributed by atoms with Crippen molar-refractivity contribution in [3.05, 3.63) is 15.6 Å².